The molecule has 0 amide bonds. The van der Waals surface area contributed by atoms with E-state index in [9.17, 15) is 4.79 Å². The van der Waals surface area contributed by atoms with Crippen LogP contribution in [0.2, 0.25) is 0 Å². The molecule has 0 atom stereocenters. The van der Waals surface area contributed by atoms with Gasteiger partial charge >= 0.3 is 0 Å². The summed E-state index contributed by atoms with van der Waals surface area (Å²) in [6.07, 6.45) is 2.32. The van der Waals surface area contributed by atoms with Crippen LogP contribution in [-0.4, -0.2) is 12.3 Å². The summed E-state index contributed by atoms with van der Waals surface area (Å²) in [5.41, 5.74) is 7.23. The number of carbonyl (C=O) groups excluding carboxylic acids is 1. The van der Waals surface area contributed by atoms with Crippen LogP contribution >= 0.6 is 0 Å². The Labute approximate surface area is 93.9 Å². The molecule has 0 saturated carbocycles. The molecular formula is C13H13NO2. The van der Waals surface area contributed by atoms with Gasteiger partial charge in [-0.25, -0.2) is 0 Å². The molecule has 0 aliphatic carbocycles. The molecule has 1 aromatic carbocycles. The summed E-state index contributed by atoms with van der Waals surface area (Å²) >= 11 is 0. The number of nitrogens with two attached hydrogens (primary N) is 1. The number of hydrogen-bond acceptors (Lipinski definition) is 3. The molecule has 0 fully saturated rings. The summed E-state index contributed by atoms with van der Waals surface area (Å²) in [6, 6.07) is 10.8. The van der Waals surface area contributed by atoms with Crippen LogP contribution in [0.15, 0.2) is 47.1 Å². The fourth-order valence-electron chi connectivity index (χ4n) is 1.54. The Kier molecular flexibility index (Phi) is 3.17. The Morgan fingerprint density at radius 1 is 1.19 bits per heavy atom. The molecule has 0 aliphatic rings. The lowest BCUT2D eigenvalue weighted by Gasteiger charge is -2.00. The highest BCUT2D eigenvalue weighted by Crippen LogP contribution is 2.11. The molecule has 0 aliphatic heterocycles. The Balaban J connectivity index is 2.19. The van der Waals surface area contributed by atoms with Crippen LogP contribution in [0.3, 0.4) is 0 Å². The molecule has 2 aromatic rings. The van der Waals surface area contributed by atoms with Crippen LogP contribution in [0.1, 0.15) is 21.7 Å². The molecule has 3 nitrogen and oxygen atoms in total. The third-order valence-electron chi connectivity index (χ3n) is 2.39. The van der Waals surface area contributed by atoms with Crippen molar-refractivity contribution in [2.45, 2.75) is 6.42 Å². The Morgan fingerprint density at radius 2 is 1.94 bits per heavy atom. The van der Waals surface area contributed by atoms with Crippen LogP contribution in [0.4, 0.5) is 0 Å². The second-order valence-corrected chi connectivity index (χ2v) is 3.54. The van der Waals surface area contributed by atoms with E-state index in [0.717, 1.165) is 12.0 Å². The van der Waals surface area contributed by atoms with Crippen molar-refractivity contribution in [3.8, 4) is 0 Å². The molecule has 2 N–H and O–H groups in total. The smallest absolute Gasteiger partial charge is 0.228 e. The maximum Gasteiger partial charge on any atom is 0.228 e. The zero-order valence-electron chi connectivity index (χ0n) is 8.85. The maximum atomic E-state index is 11.9. The van der Waals surface area contributed by atoms with Gasteiger partial charge in [-0.05, 0) is 30.7 Å². The number of rotatable bonds is 4. The first-order valence-electron chi connectivity index (χ1n) is 5.18. The van der Waals surface area contributed by atoms with Crippen molar-refractivity contribution in [3.05, 3.63) is 59.5 Å². The van der Waals surface area contributed by atoms with Crippen molar-refractivity contribution < 1.29 is 9.21 Å². The fraction of sp³-hybridized carbons (Fsp3) is 0.154. The van der Waals surface area contributed by atoms with Crippen LogP contribution < -0.4 is 5.73 Å². The van der Waals surface area contributed by atoms with E-state index in [2.05, 4.69) is 0 Å². The molecule has 16 heavy (non-hydrogen) atoms. The lowest BCUT2D eigenvalue weighted by atomic mass is 10.1. The Hall–Kier alpha value is -1.87. The number of benzene rings is 1. The SMILES string of the molecule is NCCc1ccc(C(=O)c2ccco2)cc1. The van der Waals surface area contributed by atoms with E-state index in [0.29, 0.717) is 17.9 Å². The summed E-state index contributed by atoms with van der Waals surface area (Å²) in [4.78, 5) is 11.9. The van der Waals surface area contributed by atoms with Gasteiger partial charge in [-0.2, -0.15) is 0 Å². The summed E-state index contributed by atoms with van der Waals surface area (Å²) in [7, 11) is 0. The number of hydrogen-bond donors (Lipinski definition) is 1. The van der Waals surface area contributed by atoms with Gasteiger partial charge < -0.3 is 10.2 Å². The van der Waals surface area contributed by atoms with E-state index in [1.54, 1.807) is 24.3 Å². The van der Waals surface area contributed by atoms with Gasteiger partial charge in [0.05, 0.1) is 6.26 Å². The van der Waals surface area contributed by atoms with Gasteiger partial charge in [-0.3, -0.25) is 4.79 Å². The molecule has 0 unspecified atom stereocenters. The highest BCUT2D eigenvalue weighted by Gasteiger charge is 2.10. The highest BCUT2D eigenvalue weighted by atomic mass is 16.3. The zero-order chi connectivity index (χ0) is 11.4. The van der Waals surface area contributed by atoms with Gasteiger partial charge in [0, 0.05) is 5.56 Å². The van der Waals surface area contributed by atoms with Crippen LogP contribution in [0.25, 0.3) is 0 Å². The van der Waals surface area contributed by atoms with Crippen molar-refractivity contribution in [1.82, 2.24) is 0 Å². The molecule has 0 saturated heterocycles. The molecule has 82 valence electrons. The van der Waals surface area contributed by atoms with Crippen LogP contribution in [0, 0.1) is 0 Å². The quantitative estimate of drug-likeness (QED) is 0.794. The largest absolute Gasteiger partial charge is 0.461 e. The topological polar surface area (TPSA) is 56.2 Å². The van der Waals surface area contributed by atoms with Crippen molar-refractivity contribution in [2.24, 2.45) is 5.73 Å². The highest BCUT2D eigenvalue weighted by molar-refractivity contribution is 6.07. The van der Waals surface area contributed by atoms with Crippen LogP contribution in [-0.2, 0) is 6.42 Å². The summed E-state index contributed by atoms with van der Waals surface area (Å²) in [6.45, 7) is 0.617. The third-order valence-corrected chi connectivity index (χ3v) is 2.39. The van der Waals surface area contributed by atoms with E-state index in [1.165, 1.54) is 6.26 Å². The van der Waals surface area contributed by atoms with Gasteiger partial charge in [0.15, 0.2) is 5.76 Å². The second kappa shape index (κ2) is 4.77. The Bertz CT molecular complexity index is 457. The number of carbonyl (C=O) groups is 1. The zero-order valence-corrected chi connectivity index (χ0v) is 8.85. The molecule has 1 heterocycles. The first-order chi connectivity index (χ1) is 7.81. The first-order valence-corrected chi connectivity index (χ1v) is 5.18. The molecular weight excluding hydrogens is 202 g/mol. The summed E-state index contributed by atoms with van der Waals surface area (Å²) < 4.78 is 5.06. The normalized spacial score (nSPS) is 10.3. The van der Waals surface area contributed by atoms with Crippen LogP contribution in [0.5, 0.6) is 0 Å². The van der Waals surface area contributed by atoms with Gasteiger partial charge in [-0.15, -0.1) is 0 Å². The average Bonchev–Trinajstić information content (AvgIpc) is 2.83. The molecule has 1 aromatic heterocycles. The van der Waals surface area contributed by atoms with Crippen molar-refractivity contribution in [3.63, 3.8) is 0 Å². The third kappa shape index (κ3) is 2.20. The molecule has 3 heteroatoms. The fourth-order valence-corrected chi connectivity index (χ4v) is 1.54. The predicted molar refractivity (Wildman–Crippen MR) is 61.3 cm³/mol. The van der Waals surface area contributed by atoms with E-state index in [4.69, 9.17) is 10.2 Å². The molecule has 2 rings (SSSR count). The first kappa shape index (κ1) is 10.6. The minimum Gasteiger partial charge on any atom is -0.461 e. The van der Waals surface area contributed by atoms with Crippen molar-refractivity contribution >= 4 is 5.78 Å². The molecule has 0 spiro atoms. The molecule has 0 radical (unpaired) electrons. The van der Waals surface area contributed by atoms with Crippen molar-refractivity contribution in [2.75, 3.05) is 6.54 Å². The lowest BCUT2D eigenvalue weighted by molar-refractivity contribution is 0.101. The standard InChI is InChI=1S/C13H13NO2/c14-8-7-10-3-5-11(6-4-10)13(15)12-2-1-9-16-12/h1-6,9H,7-8,14H2. The summed E-state index contributed by atoms with van der Waals surface area (Å²) in [5, 5.41) is 0. The van der Waals surface area contributed by atoms with Gasteiger partial charge in [0.1, 0.15) is 0 Å². The van der Waals surface area contributed by atoms with Gasteiger partial charge in [-0.1, -0.05) is 24.3 Å². The monoisotopic (exact) mass is 215 g/mol. The van der Waals surface area contributed by atoms with Gasteiger partial charge in [0.25, 0.3) is 0 Å². The van der Waals surface area contributed by atoms with E-state index in [-0.39, 0.29) is 5.78 Å². The predicted octanol–water partition coefficient (Wildman–Crippen LogP) is 2.01. The van der Waals surface area contributed by atoms with Crippen molar-refractivity contribution in [1.29, 1.82) is 0 Å². The second-order valence-electron chi connectivity index (χ2n) is 3.54. The number of furan rings is 1. The Morgan fingerprint density at radius 3 is 2.50 bits per heavy atom. The van der Waals surface area contributed by atoms with Gasteiger partial charge in [0.2, 0.25) is 5.78 Å². The molecule has 0 bridgehead atoms. The average molecular weight is 215 g/mol. The van der Waals surface area contributed by atoms with E-state index < -0.39 is 0 Å². The lowest BCUT2D eigenvalue weighted by Crippen LogP contribution is -2.04. The van der Waals surface area contributed by atoms with E-state index in [1.807, 2.05) is 12.1 Å². The minimum absolute atomic E-state index is 0.0932. The maximum absolute atomic E-state index is 11.9. The summed E-state index contributed by atoms with van der Waals surface area (Å²) in [5.74, 6) is 0.274. The minimum atomic E-state index is -0.0932. The number of ketones is 1. The van der Waals surface area contributed by atoms with E-state index >= 15 is 0 Å².